The molecule has 4 rings (SSSR count). The van der Waals surface area contributed by atoms with Gasteiger partial charge in [0.2, 0.25) is 12.6 Å². The lowest BCUT2D eigenvalue weighted by molar-refractivity contribution is -0.917. The van der Waals surface area contributed by atoms with Gasteiger partial charge in [-0.05, 0) is 48.7 Å². The van der Waals surface area contributed by atoms with Crippen LogP contribution >= 0.6 is 23.4 Å². The number of carbonyl (C=O) groups is 1. The third-order valence-corrected chi connectivity index (χ3v) is 6.60. The van der Waals surface area contributed by atoms with E-state index in [1.807, 2.05) is 18.4 Å². The van der Waals surface area contributed by atoms with Crippen LogP contribution in [0.5, 0.6) is 11.5 Å². The number of hydrogen-bond donors (Lipinski definition) is 1. The fourth-order valence-electron chi connectivity index (χ4n) is 3.87. The van der Waals surface area contributed by atoms with Crippen LogP contribution in [0.2, 0.25) is 5.02 Å². The average Bonchev–Trinajstić information content (AvgIpc) is 3.26. The Morgan fingerprint density at radius 2 is 1.87 bits per heavy atom. The molecule has 0 bridgehead atoms. The standard InChI is InChI=1S/C23H22ClN3O3S/c1-31-23(19(13-25)22(28)17-3-5-18(24)6-4-17)27-10-8-26(9-11-27)14-16-2-7-20-21(12-16)30-15-29-20/h2-7,12H,8-11,14-15H2,1H3/p+1/b23-19-. The molecule has 0 radical (unpaired) electrons. The molecule has 2 aliphatic heterocycles. The van der Waals surface area contributed by atoms with Crippen molar-refractivity contribution >= 4 is 29.1 Å². The summed E-state index contributed by atoms with van der Waals surface area (Å²) in [4.78, 5) is 16.5. The second-order valence-electron chi connectivity index (χ2n) is 7.43. The van der Waals surface area contributed by atoms with Crippen molar-refractivity contribution in [2.75, 3.05) is 39.2 Å². The summed E-state index contributed by atoms with van der Waals surface area (Å²) in [6.45, 7) is 4.60. The molecule has 0 amide bonds. The molecule has 2 aromatic carbocycles. The first-order chi connectivity index (χ1) is 15.1. The van der Waals surface area contributed by atoms with Crippen LogP contribution in [0.3, 0.4) is 0 Å². The van der Waals surface area contributed by atoms with Crippen molar-refractivity contribution in [1.82, 2.24) is 4.90 Å². The number of quaternary nitrogens is 1. The molecule has 0 aliphatic carbocycles. The van der Waals surface area contributed by atoms with E-state index >= 15 is 0 Å². The summed E-state index contributed by atoms with van der Waals surface area (Å²) < 4.78 is 10.9. The fraction of sp³-hybridized carbons (Fsp3) is 0.304. The number of hydrogen-bond acceptors (Lipinski definition) is 6. The van der Waals surface area contributed by atoms with Crippen molar-refractivity contribution in [3.05, 3.63) is 69.2 Å². The Labute approximate surface area is 191 Å². The highest BCUT2D eigenvalue weighted by atomic mass is 35.5. The van der Waals surface area contributed by atoms with Crippen molar-refractivity contribution in [1.29, 1.82) is 5.26 Å². The lowest BCUT2D eigenvalue weighted by Gasteiger charge is -2.34. The van der Waals surface area contributed by atoms with E-state index in [1.54, 1.807) is 24.3 Å². The molecule has 31 heavy (non-hydrogen) atoms. The minimum atomic E-state index is -0.265. The molecule has 2 aliphatic rings. The summed E-state index contributed by atoms with van der Waals surface area (Å²) in [6, 6.07) is 14.9. The molecular formula is C23H23ClN3O3S+. The lowest BCUT2D eigenvalue weighted by atomic mass is 10.0. The molecule has 1 fully saturated rings. The predicted molar refractivity (Wildman–Crippen MR) is 120 cm³/mol. The van der Waals surface area contributed by atoms with E-state index in [4.69, 9.17) is 21.1 Å². The van der Waals surface area contributed by atoms with Crippen molar-refractivity contribution in [3.63, 3.8) is 0 Å². The number of ketones is 1. The molecular weight excluding hydrogens is 434 g/mol. The van der Waals surface area contributed by atoms with Gasteiger partial charge >= 0.3 is 0 Å². The molecule has 0 aromatic heterocycles. The van der Waals surface area contributed by atoms with E-state index in [-0.39, 0.29) is 18.1 Å². The third-order valence-electron chi connectivity index (χ3n) is 5.50. The first-order valence-corrected chi connectivity index (χ1v) is 11.6. The number of nitriles is 1. The van der Waals surface area contributed by atoms with E-state index in [0.717, 1.165) is 49.3 Å². The van der Waals surface area contributed by atoms with Gasteiger partial charge in [0.15, 0.2) is 11.5 Å². The zero-order valence-electron chi connectivity index (χ0n) is 17.2. The molecule has 0 atom stereocenters. The van der Waals surface area contributed by atoms with Gasteiger partial charge in [-0.2, -0.15) is 5.26 Å². The molecule has 1 N–H and O–H groups in total. The van der Waals surface area contributed by atoms with E-state index in [0.29, 0.717) is 10.6 Å². The summed E-state index contributed by atoms with van der Waals surface area (Å²) in [5.74, 6) is 1.34. The van der Waals surface area contributed by atoms with Gasteiger partial charge in [-0.1, -0.05) is 11.6 Å². The second kappa shape index (κ2) is 9.65. The predicted octanol–water partition coefficient (Wildman–Crippen LogP) is 2.75. The number of rotatable bonds is 6. The SMILES string of the molecule is CS/C(=C(/C#N)C(=O)c1ccc(Cl)cc1)N1CC[NH+](Cc2ccc3c(c2)OCO3)CC1. The maximum absolute atomic E-state index is 12.9. The summed E-state index contributed by atoms with van der Waals surface area (Å²) in [5, 5.41) is 11.0. The lowest BCUT2D eigenvalue weighted by Crippen LogP contribution is -3.13. The number of halogens is 1. The minimum absolute atomic E-state index is 0.189. The number of ether oxygens (including phenoxy) is 2. The Morgan fingerprint density at radius 1 is 1.16 bits per heavy atom. The zero-order valence-corrected chi connectivity index (χ0v) is 18.8. The maximum Gasteiger partial charge on any atom is 0.231 e. The molecule has 1 saturated heterocycles. The van der Waals surface area contributed by atoms with E-state index in [2.05, 4.69) is 17.0 Å². The number of thioether (sulfide) groups is 1. The van der Waals surface area contributed by atoms with Gasteiger partial charge in [-0.15, -0.1) is 11.8 Å². The van der Waals surface area contributed by atoms with Crippen molar-refractivity contribution in [2.24, 2.45) is 0 Å². The van der Waals surface area contributed by atoms with Crippen molar-refractivity contribution < 1.29 is 19.2 Å². The highest BCUT2D eigenvalue weighted by Gasteiger charge is 2.27. The van der Waals surface area contributed by atoms with Gasteiger partial charge in [0.25, 0.3) is 0 Å². The summed E-state index contributed by atoms with van der Waals surface area (Å²) >= 11 is 7.37. The van der Waals surface area contributed by atoms with Crippen LogP contribution in [0.1, 0.15) is 15.9 Å². The van der Waals surface area contributed by atoms with Crippen LogP contribution < -0.4 is 14.4 Å². The number of fused-ring (bicyclic) bond motifs is 1. The number of Topliss-reactive ketones (excluding diaryl/α,β-unsaturated/α-hetero) is 1. The van der Waals surface area contributed by atoms with Gasteiger partial charge in [0.05, 0.1) is 31.2 Å². The summed E-state index contributed by atoms with van der Waals surface area (Å²) in [6.07, 6.45) is 1.91. The van der Waals surface area contributed by atoms with Gasteiger partial charge < -0.3 is 19.3 Å². The number of benzene rings is 2. The highest BCUT2D eigenvalue weighted by Crippen LogP contribution is 2.32. The maximum atomic E-state index is 12.9. The van der Waals surface area contributed by atoms with Crippen LogP contribution in [0.4, 0.5) is 0 Å². The summed E-state index contributed by atoms with van der Waals surface area (Å²) in [5.41, 5.74) is 1.87. The number of nitrogens with zero attached hydrogens (tertiary/aromatic N) is 2. The van der Waals surface area contributed by atoms with Crippen LogP contribution in [0.25, 0.3) is 0 Å². The molecule has 8 heteroatoms. The van der Waals surface area contributed by atoms with Crippen LogP contribution in [0.15, 0.2) is 53.1 Å². The van der Waals surface area contributed by atoms with Crippen molar-refractivity contribution in [2.45, 2.75) is 6.54 Å². The van der Waals surface area contributed by atoms with Crippen LogP contribution in [-0.2, 0) is 6.54 Å². The van der Waals surface area contributed by atoms with E-state index < -0.39 is 0 Å². The van der Waals surface area contributed by atoms with Gasteiger partial charge in [0, 0.05) is 16.1 Å². The number of nitrogens with one attached hydrogen (secondary N) is 1. The molecule has 2 heterocycles. The Kier molecular flexibility index (Phi) is 6.71. The molecule has 2 aromatic rings. The Balaban J connectivity index is 1.43. The molecule has 6 nitrogen and oxygen atoms in total. The number of carbonyl (C=O) groups excluding carboxylic acids is 1. The molecule has 0 saturated carbocycles. The Bertz CT molecular complexity index is 1040. The summed E-state index contributed by atoms with van der Waals surface area (Å²) in [7, 11) is 0. The van der Waals surface area contributed by atoms with Crippen LogP contribution in [0, 0.1) is 11.3 Å². The molecule has 0 unspecified atom stereocenters. The Morgan fingerprint density at radius 3 is 2.55 bits per heavy atom. The number of allylic oxidation sites excluding steroid dienone is 1. The van der Waals surface area contributed by atoms with E-state index in [1.165, 1.54) is 22.2 Å². The van der Waals surface area contributed by atoms with Gasteiger partial charge in [-0.25, -0.2) is 0 Å². The van der Waals surface area contributed by atoms with Gasteiger partial charge in [-0.3, -0.25) is 4.79 Å². The minimum Gasteiger partial charge on any atom is -0.454 e. The monoisotopic (exact) mass is 456 g/mol. The quantitative estimate of drug-likeness (QED) is 0.409. The van der Waals surface area contributed by atoms with Crippen molar-refractivity contribution in [3.8, 4) is 17.6 Å². The van der Waals surface area contributed by atoms with E-state index in [9.17, 15) is 10.1 Å². The smallest absolute Gasteiger partial charge is 0.231 e. The topological polar surface area (TPSA) is 67.0 Å². The number of piperazine rings is 1. The first-order valence-electron chi connectivity index (χ1n) is 10.0. The molecule has 0 spiro atoms. The zero-order chi connectivity index (χ0) is 21.8. The molecule has 160 valence electrons. The van der Waals surface area contributed by atoms with Crippen LogP contribution in [-0.4, -0.2) is 49.9 Å². The first kappa shape index (κ1) is 21.6. The largest absolute Gasteiger partial charge is 0.454 e. The second-order valence-corrected chi connectivity index (χ2v) is 8.66. The highest BCUT2D eigenvalue weighted by molar-refractivity contribution is 8.02. The normalized spacial score (nSPS) is 16.6. The Hall–Kier alpha value is -2.66. The third kappa shape index (κ3) is 4.82. The fourth-order valence-corrected chi connectivity index (χ4v) is 4.78. The van der Waals surface area contributed by atoms with Gasteiger partial charge in [0.1, 0.15) is 18.2 Å². The average molecular weight is 457 g/mol.